The number of quaternary nitrogens is 1. The van der Waals surface area contributed by atoms with Crippen molar-refractivity contribution in [3.05, 3.63) is 22.4 Å². The molecule has 4 aliphatic carbocycles. The molecule has 0 aliphatic heterocycles. The highest BCUT2D eigenvalue weighted by Crippen LogP contribution is 2.55. The summed E-state index contributed by atoms with van der Waals surface area (Å²) in [5.74, 6) is 2.14. The zero-order valence-corrected chi connectivity index (χ0v) is 15.7. The van der Waals surface area contributed by atoms with Gasteiger partial charge in [0.25, 0.3) is 5.91 Å². The lowest BCUT2D eigenvalue weighted by atomic mass is 9.53. The van der Waals surface area contributed by atoms with Gasteiger partial charge in [-0.3, -0.25) is 10.1 Å². The standard InChI is InChI=1S/C19H27N3O2S/c1-22(10-13-2-3-25-12-13)11-17(23)20-18(24)21-19-7-14-4-15(8-19)6-16(5-14)9-19/h2-3,12,14-16H,4-11H2,1H3,(H2,20,21,23,24)/p+1. The lowest BCUT2D eigenvalue weighted by Crippen LogP contribution is -3.09. The summed E-state index contributed by atoms with van der Waals surface area (Å²) >= 11 is 1.66. The Morgan fingerprint density at radius 1 is 1.20 bits per heavy atom. The summed E-state index contributed by atoms with van der Waals surface area (Å²) in [5.41, 5.74) is 1.18. The van der Waals surface area contributed by atoms with Crippen molar-refractivity contribution < 1.29 is 14.5 Å². The van der Waals surface area contributed by atoms with Crippen LogP contribution in [0.25, 0.3) is 0 Å². The van der Waals surface area contributed by atoms with E-state index >= 15 is 0 Å². The first-order valence-corrected chi connectivity index (χ1v) is 10.4. The van der Waals surface area contributed by atoms with Crippen molar-refractivity contribution in [3.63, 3.8) is 0 Å². The number of rotatable bonds is 5. The molecule has 4 aliphatic rings. The fourth-order valence-corrected chi connectivity index (χ4v) is 6.45. The second-order valence-electron chi connectivity index (χ2n) is 8.64. The maximum absolute atomic E-state index is 12.4. The van der Waals surface area contributed by atoms with E-state index in [1.165, 1.54) is 24.8 Å². The number of imide groups is 1. The molecule has 1 aromatic heterocycles. The van der Waals surface area contributed by atoms with Crippen LogP contribution in [0, 0.1) is 17.8 Å². The van der Waals surface area contributed by atoms with Crippen LogP contribution in [0.3, 0.4) is 0 Å². The number of amides is 3. The van der Waals surface area contributed by atoms with Gasteiger partial charge in [-0.2, -0.15) is 11.3 Å². The third kappa shape index (κ3) is 3.90. The van der Waals surface area contributed by atoms with E-state index in [0.29, 0.717) is 6.54 Å². The maximum Gasteiger partial charge on any atom is 0.322 e. The van der Waals surface area contributed by atoms with Crippen LogP contribution in [0.4, 0.5) is 4.79 Å². The van der Waals surface area contributed by atoms with E-state index < -0.39 is 0 Å². The number of urea groups is 1. The first-order valence-electron chi connectivity index (χ1n) is 9.44. The summed E-state index contributed by atoms with van der Waals surface area (Å²) in [6, 6.07) is 1.78. The van der Waals surface area contributed by atoms with E-state index in [9.17, 15) is 9.59 Å². The molecule has 4 fully saturated rings. The van der Waals surface area contributed by atoms with Gasteiger partial charge in [0.1, 0.15) is 6.54 Å². The fraction of sp³-hybridized carbons (Fsp3) is 0.684. The number of thiophene rings is 1. The predicted octanol–water partition coefficient (Wildman–Crippen LogP) is 1.56. The smallest absolute Gasteiger partial charge is 0.322 e. The first-order chi connectivity index (χ1) is 12.0. The van der Waals surface area contributed by atoms with E-state index in [-0.39, 0.29) is 17.5 Å². The molecule has 4 saturated carbocycles. The Bertz CT molecular complexity index is 608. The molecular formula is C19H28N3O2S+. The molecule has 0 spiro atoms. The number of hydrogen-bond acceptors (Lipinski definition) is 3. The summed E-state index contributed by atoms with van der Waals surface area (Å²) in [6.07, 6.45) is 7.34. The van der Waals surface area contributed by atoms with E-state index in [1.54, 1.807) is 11.3 Å². The minimum Gasteiger partial charge on any atom is -0.332 e. The van der Waals surface area contributed by atoms with Gasteiger partial charge in [-0.15, -0.1) is 0 Å². The molecule has 0 radical (unpaired) electrons. The van der Waals surface area contributed by atoms with Crippen molar-refractivity contribution in [2.75, 3.05) is 13.6 Å². The van der Waals surface area contributed by atoms with Gasteiger partial charge in [0.2, 0.25) is 0 Å². The molecule has 4 bridgehead atoms. The SMILES string of the molecule is C[NH+](CC(=O)NC(=O)NC12CC3CC(CC(C3)C1)C2)Cc1ccsc1. The molecule has 5 nitrogen and oxygen atoms in total. The first kappa shape index (κ1) is 17.0. The Labute approximate surface area is 153 Å². The van der Waals surface area contributed by atoms with Gasteiger partial charge in [-0.1, -0.05) is 0 Å². The van der Waals surface area contributed by atoms with Gasteiger partial charge < -0.3 is 10.2 Å². The van der Waals surface area contributed by atoms with Crippen LogP contribution >= 0.6 is 11.3 Å². The van der Waals surface area contributed by atoms with Crippen LogP contribution in [0.2, 0.25) is 0 Å². The van der Waals surface area contributed by atoms with E-state index in [1.807, 2.05) is 12.4 Å². The molecule has 25 heavy (non-hydrogen) atoms. The molecule has 1 heterocycles. The average molecular weight is 363 g/mol. The zero-order chi connectivity index (χ0) is 17.4. The summed E-state index contributed by atoms with van der Waals surface area (Å²) in [4.78, 5) is 25.7. The van der Waals surface area contributed by atoms with Crippen molar-refractivity contribution in [1.82, 2.24) is 10.6 Å². The van der Waals surface area contributed by atoms with Gasteiger partial charge in [-0.05, 0) is 73.1 Å². The lowest BCUT2D eigenvalue weighted by Gasteiger charge is -2.56. The minimum atomic E-state index is -0.296. The number of hydrogen-bond donors (Lipinski definition) is 3. The highest BCUT2D eigenvalue weighted by molar-refractivity contribution is 7.07. The topological polar surface area (TPSA) is 62.6 Å². The van der Waals surface area contributed by atoms with Crippen LogP contribution in [0.1, 0.15) is 44.1 Å². The Kier molecular flexibility index (Phi) is 4.58. The van der Waals surface area contributed by atoms with E-state index in [0.717, 1.165) is 48.5 Å². The second-order valence-corrected chi connectivity index (χ2v) is 9.42. The Morgan fingerprint density at radius 2 is 1.84 bits per heavy atom. The largest absolute Gasteiger partial charge is 0.332 e. The highest BCUT2D eigenvalue weighted by Gasteiger charge is 2.51. The second kappa shape index (κ2) is 6.72. The van der Waals surface area contributed by atoms with Crippen molar-refractivity contribution in [1.29, 1.82) is 0 Å². The average Bonchev–Trinajstić information content (AvgIpc) is 2.97. The van der Waals surface area contributed by atoms with Crippen LogP contribution in [0.5, 0.6) is 0 Å². The number of carbonyl (C=O) groups is 2. The normalized spacial score (nSPS) is 33.9. The van der Waals surface area contributed by atoms with E-state index in [4.69, 9.17) is 0 Å². The Balaban J connectivity index is 1.26. The molecule has 3 amide bonds. The van der Waals surface area contributed by atoms with Crippen LogP contribution < -0.4 is 15.5 Å². The number of likely N-dealkylation sites (N-methyl/N-ethyl adjacent to an activating group) is 1. The molecule has 1 unspecified atom stereocenters. The van der Waals surface area contributed by atoms with Gasteiger partial charge in [0, 0.05) is 11.1 Å². The summed E-state index contributed by atoms with van der Waals surface area (Å²) < 4.78 is 0. The molecule has 3 N–H and O–H groups in total. The molecule has 1 atom stereocenters. The molecule has 1 aromatic rings. The third-order valence-corrected chi connectivity index (χ3v) is 6.95. The van der Waals surface area contributed by atoms with Gasteiger partial charge in [-0.25, -0.2) is 4.79 Å². The molecule has 6 heteroatoms. The van der Waals surface area contributed by atoms with Crippen molar-refractivity contribution in [3.8, 4) is 0 Å². The summed E-state index contributed by atoms with van der Waals surface area (Å²) in [5, 5.41) is 9.90. The van der Waals surface area contributed by atoms with Crippen molar-refractivity contribution >= 4 is 23.3 Å². The molecule has 5 rings (SSSR count). The lowest BCUT2D eigenvalue weighted by molar-refractivity contribution is -0.885. The Hall–Kier alpha value is -1.40. The highest BCUT2D eigenvalue weighted by atomic mass is 32.1. The van der Waals surface area contributed by atoms with Gasteiger partial charge in [0.05, 0.1) is 7.05 Å². The third-order valence-electron chi connectivity index (χ3n) is 6.22. The zero-order valence-electron chi connectivity index (χ0n) is 14.8. The summed E-state index contributed by atoms with van der Waals surface area (Å²) in [6.45, 7) is 1.11. The fourth-order valence-electron chi connectivity index (χ4n) is 5.78. The van der Waals surface area contributed by atoms with Crippen LogP contribution in [-0.4, -0.2) is 31.1 Å². The molecular weight excluding hydrogens is 334 g/mol. The monoisotopic (exact) mass is 362 g/mol. The maximum atomic E-state index is 12.4. The number of carbonyl (C=O) groups excluding carboxylic acids is 2. The number of nitrogens with one attached hydrogen (secondary N) is 3. The van der Waals surface area contributed by atoms with Crippen LogP contribution in [0.15, 0.2) is 16.8 Å². The van der Waals surface area contributed by atoms with Gasteiger partial charge in [0.15, 0.2) is 6.54 Å². The molecule has 136 valence electrons. The molecule has 0 saturated heterocycles. The predicted molar refractivity (Wildman–Crippen MR) is 97.4 cm³/mol. The van der Waals surface area contributed by atoms with E-state index in [2.05, 4.69) is 22.1 Å². The van der Waals surface area contributed by atoms with Crippen molar-refractivity contribution in [2.45, 2.75) is 50.6 Å². The molecule has 0 aromatic carbocycles. The summed E-state index contributed by atoms with van der Waals surface area (Å²) in [7, 11) is 1.98. The van der Waals surface area contributed by atoms with Gasteiger partial charge >= 0.3 is 6.03 Å². The van der Waals surface area contributed by atoms with Crippen LogP contribution in [-0.2, 0) is 11.3 Å². The quantitative estimate of drug-likeness (QED) is 0.744. The Morgan fingerprint density at radius 3 is 2.40 bits per heavy atom. The minimum absolute atomic E-state index is 0.0471. The van der Waals surface area contributed by atoms with Crippen molar-refractivity contribution in [2.24, 2.45) is 17.8 Å².